The van der Waals surface area contributed by atoms with Crippen LogP contribution in [0.4, 0.5) is 0 Å². The van der Waals surface area contributed by atoms with Gasteiger partial charge < -0.3 is 10.3 Å². The number of primary amides is 1. The third kappa shape index (κ3) is 4.49. The Balaban J connectivity index is 1.72. The van der Waals surface area contributed by atoms with Gasteiger partial charge in [-0.2, -0.15) is 0 Å². The number of carbonyl (C=O) groups is 2. The number of Topliss-reactive ketones (excluding diaryl/α,β-unsaturated/α-hetero) is 1. The van der Waals surface area contributed by atoms with E-state index < -0.39 is 15.7 Å². The van der Waals surface area contributed by atoms with E-state index in [9.17, 15) is 18.0 Å². The van der Waals surface area contributed by atoms with Gasteiger partial charge in [0.05, 0.1) is 29.4 Å². The summed E-state index contributed by atoms with van der Waals surface area (Å²) in [6.45, 7) is 5.60. The highest BCUT2D eigenvalue weighted by atomic mass is 32.2. The average molecular weight is 442 g/mol. The van der Waals surface area contributed by atoms with Crippen LogP contribution in [-0.2, 0) is 21.1 Å². The first-order valence-electron chi connectivity index (χ1n) is 8.87. The van der Waals surface area contributed by atoms with Gasteiger partial charge in [0.15, 0.2) is 20.0 Å². The van der Waals surface area contributed by atoms with Gasteiger partial charge in [-0.15, -0.1) is 11.3 Å². The molecule has 1 aliphatic heterocycles. The monoisotopic (exact) mass is 441 g/mol. The minimum atomic E-state index is -2.99. The van der Waals surface area contributed by atoms with Crippen LogP contribution in [0.5, 0.6) is 0 Å². The van der Waals surface area contributed by atoms with E-state index in [2.05, 4.69) is 4.98 Å². The predicted octanol–water partition coefficient (Wildman–Crippen LogP) is 2.23. The number of carbonyl (C=O) groups excluding carboxylic acids is 2. The predicted molar refractivity (Wildman–Crippen MR) is 111 cm³/mol. The van der Waals surface area contributed by atoms with Crippen LogP contribution in [0.1, 0.15) is 44.8 Å². The zero-order valence-corrected chi connectivity index (χ0v) is 18.5. The summed E-state index contributed by atoms with van der Waals surface area (Å²) in [6, 6.07) is 1.74. The second kappa shape index (κ2) is 8.00. The van der Waals surface area contributed by atoms with E-state index in [0.717, 1.165) is 26.3 Å². The number of nitrogens with two attached hydrogens (primary N) is 1. The topological polar surface area (TPSA) is 112 Å². The zero-order valence-electron chi connectivity index (χ0n) is 16.0. The number of aryl methyl sites for hydroxylation is 2. The molecule has 0 bridgehead atoms. The summed E-state index contributed by atoms with van der Waals surface area (Å²) in [5.41, 5.74) is 8.35. The van der Waals surface area contributed by atoms with Gasteiger partial charge in [-0.05, 0) is 33.3 Å². The molecule has 28 heavy (non-hydrogen) atoms. The lowest BCUT2D eigenvalue weighted by Gasteiger charge is -2.16. The Labute approximate surface area is 172 Å². The number of thioether (sulfide) groups is 1. The first-order chi connectivity index (χ1) is 13.1. The Morgan fingerprint density at radius 1 is 1.36 bits per heavy atom. The van der Waals surface area contributed by atoms with Crippen molar-refractivity contribution < 1.29 is 18.0 Å². The largest absolute Gasteiger partial charge is 0.369 e. The second-order valence-corrected chi connectivity index (χ2v) is 11.6. The van der Waals surface area contributed by atoms with E-state index in [4.69, 9.17) is 5.73 Å². The van der Waals surface area contributed by atoms with Gasteiger partial charge in [0.2, 0.25) is 5.91 Å². The second-order valence-electron chi connectivity index (χ2n) is 7.05. The molecule has 3 heterocycles. The zero-order chi connectivity index (χ0) is 20.6. The molecule has 0 aromatic carbocycles. The van der Waals surface area contributed by atoms with Crippen LogP contribution >= 0.6 is 23.1 Å². The molecule has 1 fully saturated rings. The van der Waals surface area contributed by atoms with E-state index in [0.29, 0.717) is 12.0 Å². The standard InChI is InChI=1S/C18H23N3O4S3/c1-10-6-14(12(3)21(10)13-4-5-28(24,25)9-13)15(22)8-26-18-20-11(2)16(27-18)7-17(19)23/h6,13H,4-5,7-9H2,1-3H3,(H2,19,23). The Bertz CT molecular complexity index is 1040. The van der Waals surface area contributed by atoms with Crippen molar-refractivity contribution in [3.8, 4) is 0 Å². The van der Waals surface area contributed by atoms with Crippen LogP contribution in [0.15, 0.2) is 10.4 Å². The molecule has 2 aromatic heterocycles. The molecule has 0 spiro atoms. The number of thiazole rings is 1. The van der Waals surface area contributed by atoms with Crippen molar-refractivity contribution in [1.29, 1.82) is 0 Å². The average Bonchev–Trinajstić information content (AvgIpc) is 3.21. The Morgan fingerprint density at radius 2 is 2.07 bits per heavy atom. The Morgan fingerprint density at radius 3 is 2.68 bits per heavy atom. The SMILES string of the molecule is Cc1nc(SCC(=O)c2cc(C)n(C3CCS(=O)(=O)C3)c2C)sc1CC(N)=O. The summed E-state index contributed by atoms with van der Waals surface area (Å²) >= 11 is 2.73. The van der Waals surface area contributed by atoms with Crippen molar-refractivity contribution in [1.82, 2.24) is 9.55 Å². The molecule has 0 radical (unpaired) electrons. The third-order valence-electron chi connectivity index (χ3n) is 4.89. The minimum absolute atomic E-state index is 0.0190. The van der Waals surface area contributed by atoms with Gasteiger partial charge >= 0.3 is 0 Å². The van der Waals surface area contributed by atoms with Crippen molar-refractivity contribution in [2.45, 2.75) is 44.0 Å². The molecule has 3 rings (SSSR count). The van der Waals surface area contributed by atoms with Crippen LogP contribution in [-0.4, -0.2) is 46.9 Å². The number of hydrogen-bond acceptors (Lipinski definition) is 7. The van der Waals surface area contributed by atoms with Crippen LogP contribution in [0.2, 0.25) is 0 Å². The maximum absolute atomic E-state index is 12.8. The van der Waals surface area contributed by atoms with E-state index >= 15 is 0 Å². The quantitative estimate of drug-likeness (QED) is 0.521. The molecule has 0 saturated carbocycles. The molecule has 2 aromatic rings. The van der Waals surface area contributed by atoms with E-state index in [1.807, 2.05) is 31.4 Å². The van der Waals surface area contributed by atoms with Gasteiger partial charge in [-0.25, -0.2) is 13.4 Å². The number of aromatic nitrogens is 2. The van der Waals surface area contributed by atoms with Crippen LogP contribution in [0, 0.1) is 20.8 Å². The minimum Gasteiger partial charge on any atom is -0.369 e. The first kappa shape index (κ1) is 21.1. The smallest absolute Gasteiger partial charge is 0.222 e. The number of ketones is 1. The molecular weight excluding hydrogens is 418 g/mol. The molecule has 2 N–H and O–H groups in total. The molecule has 0 aliphatic carbocycles. The van der Waals surface area contributed by atoms with Gasteiger partial charge in [0, 0.05) is 27.9 Å². The summed E-state index contributed by atoms with van der Waals surface area (Å²) in [4.78, 5) is 29.1. The number of hydrogen-bond donors (Lipinski definition) is 1. The maximum atomic E-state index is 12.8. The number of amides is 1. The highest BCUT2D eigenvalue weighted by Gasteiger charge is 2.31. The fraction of sp³-hybridized carbons (Fsp3) is 0.500. The summed E-state index contributed by atoms with van der Waals surface area (Å²) < 4.78 is 26.4. The van der Waals surface area contributed by atoms with Gasteiger partial charge in [-0.3, -0.25) is 9.59 Å². The summed E-state index contributed by atoms with van der Waals surface area (Å²) in [5.74, 6) is 0.142. The van der Waals surface area contributed by atoms with Crippen LogP contribution in [0.3, 0.4) is 0 Å². The molecular formula is C18H23N3O4S3. The summed E-state index contributed by atoms with van der Waals surface area (Å²) in [7, 11) is -2.99. The van der Waals surface area contributed by atoms with Crippen molar-refractivity contribution >= 4 is 44.6 Å². The molecule has 10 heteroatoms. The van der Waals surface area contributed by atoms with Crippen molar-refractivity contribution in [3.63, 3.8) is 0 Å². The lowest BCUT2D eigenvalue weighted by atomic mass is 10.2. The van der Waals surface area contributed by atoms with Gasteiger partial charge in [0.1, 0.15) is 0 Å². The molecule has 1 atom stereocenters. The lowest BCUT2D eigenvalue weighted by Crippen LogP contribution is -2.14. The summed E-state index contributed by atoms with van der Waals surface area (Å²) in [5, 5.41) is 0. The van der Waals surface area contributed by atoms with E-state index in [1.54, 1.807) is 0 Å². The Hall–Kier alpha value is -1.65. The van der Waals surface area contributed by atoms with Gasteiger partial charge in [0.25, 0.3) is 0 Å². The number of sulfone groups is 1. The highest BCUT2D eigenvalue weighted by molar-refractivity contribution is 8.01. The Kier molecular flexibility index (Phi) is 6.02. The normalized spacial score (nSPS) is 18.5. The first-order valence-corrected chi connectivity index (χ1v) is 12.5. The molecule has 152 valence electrons. The van der Waals surface area contributed by atoms with Crippen molar-refractivity contribution in [2.24, 2.45) is 5.73 Å². The summed E-state index contributed by atoms with van der Waals surface area (Å²) in [6.07, 6.45) is 0.742. The number of rotatable bonds is 7. The van der Waals surface area contributed by atoms with E-state index in [1.165, 1.54) is 23.1 Å². The van der Waals surface area contributed by atoms with Crippen LogP contribution < -0.4 is 5.73 Å². The molecule has 7 nitrogen and oxygen atoms in total. The fourth-order valence-corrected chi connectivity index (χ4v) is 7.42. The molecule has 1 unspecified atom stereocenters. The van der Waals surface area contributed by atoms with Gasteiger partial charge in [-0.1, -0.05) is 11.8 Å². The lowest BCUT2D eigenvalue weighted by molar-refractivity contribution is -0.117. The van der Waals surface area contributed by atoms with Crippen molar-refractivity contribution in [2.75, 3.05) is 17.3 Å². The fourth-order valence-electron chi connectivity index (χ4n) is 3.59. The van der Waals surface area contributed by atoms with Crippen molar-refractivity contribution in [3.05, 3.63) is 33.6 Å². The van der Waals surface area contributed by atoms with E-state index in [-0.39, 0.29) is 35.5 Å². The molecule has 1 aliphatic rings. The maximum Gasteiger partial charge on any atom is 0.222 e. The third-order valence-corrected chi connectivity index (χ3v) is 8.94. The molecule has 1 saturated heterocycles. The highest BCUT2D eigenvalue weighted by Crippen LogP contribution is 2.31. The molecule has 1 amide bonds. The number of nitrogens with zero attached hydrogens (tertiary/aromatic N) is 2. The van der Waals surface area contributed by atoms with Crippen LogP contribution in [0.25, 0.3) is 0 Å².